The third-order valence-electron chi connectivity index (χ3n) is 1.95. The van der Waals surface area contributed by atoms with Crippen LogP contribution in [0.2, 0.25) is 12.1 Å². The van der Waals surface area contributed by atoms with Gasteiger partial charge < -0.3 is 0 Å². The molecule has 1 atom stereocenters. The van der Waals surface area contributed by atoms with E-state index in [1.807, 2.05) is 0 Å². The van der Waals surface area contributed by atoms with E-state index in [1.54, 1.807) is 0 Å². The summed E-state index contributed by atoms with van der Waals surface area (Å²) in [6.07, 6.45) is 3.20. The Morgan fingerprint density at radius 1 is 1.42 bits per heavy atom. The van der Waals surface area contributed by atoms with Gasteiger partial charge in [0.15, 0.2) is 0 Å². The summed E-state index contributed by atoms with van der Waals surface area (Å²) in [5.74, 6) is 0. The van der Waals surface area contributed by atoms with E-state index in [1.165, 1.54) is 5.56 Å². The minimum atomic E-state index is 0.660. The minimum Gasteiger partial charge on any atom is -0.103 e. The Kier molecular flexibility index (Phi) is 3.81. The summed E-state index contributed by atoms with van der Waals surface area (Å²) < 4.78 is 0. The van der Waals surface area contributed by atoms with Gasteiger partial charge in [-0.05, 0) is 17.5 Å². The zero-order valence-corrected chi connectivity index (χ0v) is 8.46. The summed E-state index contributed by atoms with van der Waals surface area (Å²) in [7, 11) is 0.956. The zero-order valence-electron chi connectivity index (χ0n) is 7.46. The molecule has 0 aliphatic heterocycles. The maximum Gasteiger partial charge on any atom is 0.0434 e. The van der Waals surface area contributed by atoms with E-state index in [0.717, 1.165) is 15.9 Å². The lowest BCUT2D eigenvalue weighted by Crippen LogP contribution is -1.99. The molecular formula is C11H14Si. The predicted molar refractivity (Wildman–Crippen MR) is 55.7 cm³/mol. The van der Waals surface area contributed by atoms with Gasteiger partial charge in [0.2, 0.25) is 0 Å². The zero-order chi connectivity index (χ0) is 8.81. The first-order valence-electron chi connectivity index (χ1n) is 4.20. The van der Waals surface area contributed by atoms with Crippen LogP contribution in [-0.4, -0.2) is 9.52 Å². The van der Waals surface area contributed by atoms with Crippen molar-refractivity contribution in [2.45, 2.75) is 18.5 Å². The summed E-state index contributed by atoms with van der Waals surface area (Å²) in [6.45, 7) is 6.07. The van der Waals surface area contributed by atoms with Gasteiger partial charge >= 0.3 is 0 Å². The van der Waals surface area contributed by atoms with E-state index in [0.29, 0.717) is 5.54 Å². The van der Waals surface area contributed by atoms with Crippen LogP contribution in [0.15, 0.2) is 43.0 Å². The Labute approximate surface area is 77.1 Å². The molecule has 0 saturated heterocycles. The van der Waals surface area contributed by atoms with Crippen LogP contribution in [0.5, 0.6) is 0 Å². The van der Waals surface area contributed by atoms with Crippen molar-refractivity contribution < 1.29 is 0 Å². The third kappa shape index (κ3) is 2.66. The normalized spacial score (nSPS) is 12.4. The van der Waals surface area contributed by atoms with Crippen molar-refractivity contribution in [2.75, 3.05) is 0 Å². The lowest BCUT2D eigenvalue weighted by molar-refractivity contribution is 0.987. The molecule has 1 unspecified atom stereocenters. The molecule has 62 valence electrons. The summed E-state index contributed by atoms with van der Waals surface area (Å²) in [6, 6.07) is 10.6. The molecule has 1 aromatic carbocycles. The average molecular weight is 174 g/mol. The molecule has 0 amide bonds. The van der Waals surface area contributed by atoms with Gasteiger partial charge in [0.25, 0.3) is 0 Å². The highest BCUT2D eigenvalue weighted by atomic mass is 28.2. The summed E-state index contributed by atoms with van der Waals surface area (Å²) in [4.78, 5) is 0. The number of benzene rings is 1. The largest absolute Gasteiger partial charge is 0.103 e. The van der Waals surface area contributed by atoms with Crippen LogP contribution in [-0.2, 0) is 6.42 Å². The smallest absolute Gasteiger partial charge is 0.0434 e. The lowest BCUT2D eigenvalue weighted by atomic mass is 10.1. The van der Waals surface area contributed by atoms with E-state index < -0.39 is 0 Å². The Hall–Kier alpha value is -0.823. The highest BCUT2D eigenvalue weighted by Crippen LogP contribution is 2.13. The van der Waals surface area contributed by atoms with Crippen LogP contribution in [0.4, 0.5) is 0 Å². The number of allylic oxidation sites excluding steroid dienone is 1. The Morgan fingerprint density at radius 2 is 2.08 bits per heavy atom. The van der Waals surface area contributed by atoms with Crippen molar-refractivity contribution in [3.8, 4) is 0 Å². The van der Waals surface area contributed by atoms with Crippen LogP contribution < -0.4 is 0 Å². The van der Waals surface area contributed by atoms with Crippen molar-refractivity contribution >= 4 is 9.52 Å². The van der Waals surface area contributed by atoms with Crippen molar-refractivity contribution in [3.63, 3.8) is 0 Å². The number of hydrogen-bond donors (Lipinski definition) is 0. The SMILES string of the molecule is C=CC(Cc1ccccc1)[Si]C. The first-order valence-corrected chi connectivity index (χ1v) is 5.78. The molecule has 2 radical (unpaired) electrons. The topological polar surface area (TPSA) is 0 Å². The van der Waals surface area contributed by atoms with E-state index >= 15 is 0 Å². The molecule has 0 nitrogen and oxygen atoms in total. The van der Waals surface area contributed by atoms with Crippen LogP contribution in [0.1, 0.15) is 5.56 Å². The molecular weight excluding hydrogens is 160 g/mol. The van der Waals surface area contributed by atoms with Gasteiger partial charge in [0.1, 0.15) is 0 Å². The summed E-state index contributed by atoms with van der Waals surface area (Å²) >= 11 is 0. The maximum absolute atomic E-state index is 3.83. The Balaban J connectivity index is 2.56. The second-order valence-electron chi connectivity index (χ2n) is 2.82. The lowest BCUT2D eigenvalue weighted by Gasteiger charge is -2.07. The molecule has 0 aliphatic carbocycles. The monoisotopic (exact) mass is 174 g/mol. The first kappa shape index (κ1) is 9.27. The molecule has 0 saturated carbocycles. The molecule has 0 bridgehead atoms. The van der Waals surface area contributed by atoms with Crippen molar-refractivity contribution in [3.05, 3.63) is 48.6 Å². The van der Waals surface area contributed by atoms with Crippen molar-refractivity contribution in [2.24, 2.45) is 0 Å². The fourth-order valence-corrected chi connectivity index (χ4v) is 1.85. The minimum absolute atomic E-state index is 0.660. The van der Waals surface area contributed by atoms with E-state index in [4.69, 9.17) is 0 Å². The maximum atomic E-state index is 3.83. The van der Waals surface area contributed by atoms with E-state index in [2.05, 4.69) is 49.5 Å². The summed E-state index contributed by atoms with van der Waals surface area (Å²) in [5, 5.41) is 0. The van der Waals surface area contributed by atoms with Gasteiger partial charge in [0.05, 0.1) is 0 Å². The Bertz CT molecular complexity index is 228. The second kappa shape index (κ2) is 4.94. The molecule has 1 rings (SSSR count). The van der Waals surface area contributed by atoms with E-state index in [9.17, 15) is 0 Å². The van der Waals surface area contributed by atoms with Gasteiger partial charge in [-0.1, -0.05) is 43.0 Å². The molecule has 0 aromatic heterocycles. The first-order chi connectivity index (χ1) is 5.86. The highest BCUT2D eigenvalue weighted by Gasteiger charge is 2.01. The molecule has 12 heavy (non-hydrogen) atoms. The van der Waals surface area contributed by atoms with Crippen LogP contribution >= 0.6 is 0 Å². The standard InChI is InChI=1S/C11H14Si/c1-3-11(12-2)9-10-7-5-4-6-8-10/h3-8,11H,1,9H2,2H3. The number of hydrogen-bond acceptors (Lipinski definition) is 0. The number of rotatable bonds is 4. The molecule has 0 fully saturated rings. The van der Waals surface area contributed by atoms with Crippen molar-refractivity contribution in [1.82, 2.24) is 0 Å². The van der Waals surface area contributed by atoms with Crippen molar-refractivity contribution in [1.29, 1.82) is 0 Å². The van der Waals surface area contributed by atoms with Gasteiger partial charge in [-0.3, -0.25) is 0 Å². The predicted octanol–water partition coefficient (Wildman–Crippen LogP) is 2.96. The van der Waals surface area contributed by atoms with Gasteiger partial charge in [-0.2, -0.15) is 0 Å². The Morgan fingerprint density at radius 3 is 2.58 bits per heavy atom. The molecule has 0 N–H and O–H groups in total. The second-order valence-corrected chi connectivity index (χ2v) is 4.14. The van der Waals surface area contributed by atoms with Gasteiger partial charge in [-0.15, -0.1) is 6.58 Å². The summed E-state index contributed by atoms with van der Waals surface area (Å²) in [5.41, 5.74) is 2.07. The molecule has 1 heteroatoms. The van der Waals surface area contributed by atoms with E-state index in [-0.39, 0.29) is 0 Å². The fourth-order valence-electron chi connectivity index (χ4n) is 1.17. The molecule has 0 aliphatic rings. The average Bonchev–Trinajstić information content (AvgIpc) is 2.16. The third-order valence-corrected chi connectivity index (χ3v) is 3.14. The molecule has 0 heterocycles. The quantitative estimate of drug-likeness (QED) is 0.486. The van der Waals surface area contributed by atoms with Gasteiger partial charge in [0, 0.05) is 9.52 Å². The molecule has 1 aromatic rings. The highest BCUT2D eigenvalue weighted by molar-refractivity contribution is 6.36. The van der Waals surface area contributed by atoms with Crippen LogP contribution in [0.3, 0.4) is 0 Å². The molecule has 0 spiro atoms. The van der Waals surface area contributed by atoms with Crippen LogP contribution in [0.25, 0.3) is 0 Å². The van der Waals surface area contributed by atoms with Gasteiger partial charge in [-0.25, -0.2) is 0 Å². The fraction of sp³-hybridized carbons (Fsp3) is 0.273. The van der Waals surface area contributed by atoms with Crippen LogP contribution in [0, 0.1) is 0 Å².